The van der Waals surface area contributed by atoms with Crippen LogP contribution in [0.25, 0.3) is 11.1 Å². The van der Waals surface area contributed by atoms with Gasteiger partial charge < -0.3 is 15.1 Å². The monoisotopic (exact) mass is 335 g/mol. The molecule has 0 saturated heterocycles. The summed E-state index contributed by atoms with van der Waals surface area (Å²) in [6.45, 7) is 3.93. The zero-order chi connectivity index (χ0) is 17.6. The maximum Gasteiger partial charge on any atom is 0.282 e. The summed E-state index contributed by atoms with van der Waals surface area (Å²) in [5.74, 6) is 0.839. The molecule has 4 heteroatoms. The number of nitrogens with one attached hydrogen (secondary N) is 1. The molecule has 128 valence electrons. The van der Waals surface area contributed by atoms with E-state index < -0.39 is 0 Å². The minimum Gasteiger partial charge on any atom is -0.463 e. The van der Waals surface area contributed by atoms with Crippen LogP contribution in [0, 0.1) is 0 Å². The summed E-state index contributed by atoms with van der Waals surface area (Å²) in [7, 11) is 0. The van der Waals surface area contributed by atoms with Gasteiger partial charge in [0.25, 0.3) is 5.91 Å². The number of para-hydroxylation sites is 1. The predicted molar refractivity (Wildman–Crippen MR) is 99.0 cm³/mol. The number of rotatable bonds is 6. The summed E-state index contributed by atoms with van der Waals surface area (Å²) in [5.41, 5.74) is 2.92. The van der Waals surface area contributed by atoms with E-state index in [-0.39, 0.29) is 18.0 Å². The molecule has 0 unspecified atom stereocenters. The smallest absolute Gasteiger partial charge is 0.282 e. The summed E-state index contributed by atoms with van der Waals surface area (Å²) in [5, 5.41) is 5.06. The molecular weight excluding hydrogens is 312 g/mol. The molecule has 1 aromatic heterocycles. The van der Waals surface area contributed by atoms with Crippen molar-refractivity contribution < 1.29 is 14.5 Å². The number of hydrogen-bond acceptors (Lipinski definition) is 2. The van der Waals surface area contributed by atoms with E-state index in [1.54, 1.807) is 6.26 Å². The highest BCUT2D eigenvalue weighted by Crippen LogP contribution is 2.27. The lowest BCUT2D eigenvalue weighted by atomic mass is 10.0. The van der Waals surface area contributed by atoms with Gasteiger partial charge in [-0.2, -0.15) is 0 Å². The van der Waals surface area contributed by atoms with Crippen molar-refractivity contribution in [2.45, 2.75) is 25.9 Å². The van der Waals surface area contributed by atoms with E-state index in [2.05, 4.69) is 5.32 Å². The van der Waals surface area contributed by atoms with Gasteiger partial charge >= 0.3 is 0 Å². The molecule has 2 aromatic carbocycles. The fourth-order valence-electron chi connectivity index (χ4n) is 2.87. The number of carbonyl (C=O) groups excluding carboxylic acids is 1. The fraction of sp³-hybridized carbons (Fsp3) is 0.190. The van der Waals surface area contributed by atoms with Gasteiger partial charge in [-0.15, -0.1) is 0 Å². The Morgan fingerprint density at radius 3 is 2.40 bits per heavy atom. The molecule has 0 aliphatic carbocycles. The first-order valence-electron chi connectivity index (χ1n) is 8.49. The Balaban J connectivity index is 1.71. The number of anilines is 1. The molecule has 1 amide bonds. The van der Waals surface area contributed by atoms with Gasteiger partial charge in [0, 0.05) is 11.3 Å². The number of amides is 1. The Kier molecular flexibility index (Phi) is 5.31. The molecule has 3 N–H and O–H groups in total. The third kappa shape index (κ3) is 4.17. The zero-order valence-electron chi connectivity index (χ0n) is 14.5. The first-order chi connectivity index (χ1) is 12.1. The average Bonchev–Trinajstić information content (AvgIpc) is 3.17. The highest BCUT2D eigenvalue weighted by Gasteiger charge is 2.22. The summed E-state index contributed by atoms with van der Waals surface area (Å²) in [6.07, 6.45) is 1.65. The van der Waals surface area contributed by atoms with Crippen LogP contribution in [0.15, 0.2) is 77.4 Å². The SMILES string of the molecule is C[C@H]([NH2+][C@@H](C)c1ccco1)C(=O)Nc1ccccc1-c1ccccc1. The summed E-state index contributed by atoms with van der Waals surface area (Å²) in [6, 6.07) is 21.6. The molecular formula is C21H23N2O2+. The van der Waals surface area contributed by atoms with Gasteiger partial charge in [0.15, 0.2) is 11.8 Å². The van der Waals surface area contributed by atoms with Gasteiger partial charge in [-0.05, 0) is 37.6 Å². The molecule has 0 saturated carbocycles. The van der Waals surface area contributed by atoms with Gasteiger partial charge in [0.1, 0.15) is 6.04 Å². The third-order valence-electron chi connectivity index (χ3n) is 4.25. The number of quaternary nitrogens is 1. The lowest BCUT2D eigenvalue weighted by Crippen LogP contribution is -2.91. The van der Waals surface area contributed by atoms with Gasteiger partial charge in [0.05, 0.1) is 6.26 Å². The summed E-state index contributed by atoms with van der Waals surface area (Å²) in [4.78, 5) is 12.6. The van der Waals surface area contributed by atoms with Crippen molar-refractivity contribution in [3.63, 3.8) is 0 Å². The highest BCUT2D eigenvalue weighted by molar-refractivity contribution is 5.97. The third-order valence-corrected chi connectivity index (χ3v) is 4.25. The summed E-state index contributed by atoms with van der Waals surface area (Å²) >= 11 is 0. The second-order valence-corrected chi connectivity index (χ2v) is 6.19. The Labute approximate surface area is 147 Å². The van der Waals surface area contributed by atoms with E-state index in [1.165, 1.54) is 0 Å². The van der Waals surface area contributed by atoms with Crippen molar-refractivity contribution in [3.05, 3.63) is 78.8 Å². The molecule has 2 atom stereocenters. The standard InChI is InChI=1S/C21H22N2O2/c1-15(20-13-8-14-25-20)22-16(2)21(24)23-19-12-7-6-11-18(19)17-9-4-3-5-10-17/h3-16,22H,1-2H3,(H,23,24)/p+1/t15-,16-/m0/s1. The number of benzene rings is 2. The first-order valence-corrected chi connectivity index (χ1v) is 8.49. The first kappa shape index (κ1) is 17.0. The topological polar surface area (TPSA) is 58.9 Å². The van der Waals surface area contributed by atoms with Crippen molar-refractivity contribution >= 4 is 11.6 Å². The number of nitrogens with two attached hydrogens (primary N) is 1. The number of carbonyl (C=O) groups is 1. The molecule has 1 heterocycles. The maximum atomic E-state index is 12.6. The van der Waals surface area contributed by atoms with Crippen LogP contribution in [-0.2, 0) is 4.79 Å². The Morgan fingerprint density at radius 1 is 0.960 bits per heavy atom. The van der Waals surface area contributed by atoms with Crippen molar-refractivity contribution in [2.24, 2.45) is 0 Å². The fourth-order valence-corrected chi connectivity index (χ4v) is 2.87. The molecule has 3 aromatic rings. The molecule has 0 bridgehead atoms. The molecule has 0 aliphatic rings. The molecule has 3 rings (SSSR count). The Bertz CT molecular complexity index is 813. The molecule has 25 heavy (non-hydrogen) atoms. The van der Waals surface area contributed by atoms with E-state index in [0.717, 1.165) is 22.6 Å². The van der Waals surface area contributed by atoms with Crippen LogP contribution in [0.4, 0.5) is 5.69 Å². The van der Waals surface area contributed by atoms with Crippen molar-refractivity contribution in [1.29, 1.82) is 0 Å². The van der Waals surface area contributed by atoms with Gasteiger partial charge in [-0.1, -0.05) is 48.5 Å². The quantitative estimate of drug-likeness (QED) is 0.723. The summed E-state index contributed by atoms with van der Waals surface area (Å²) < 4.78 is 5.41. The van der Waals surface area contributed by atoms with E-state index in [1.807, 2.05) is 85.9 Å². The van der Waals surface area contributed by atoms with Crippen molar-refractivity contribution in [1.82, 2.24) is 0 Å². The lowest BCUT2D eigenvalue weighted by Gasteiger charge is -2.16. The number of furan rings is 1. The average molecular weight is 335 g/mol. The highest BCUT2D eigenvalue weighted by atomic mass is 16.3. The largest absolute Gasteiger partial charge is 0.463 e. The zero-order valence-corrected chi connectivity index (χ0v) is 14.5. The van der Waals surface area contributed by atoms with Crippen molar-refractivity contribution in [3.8, 4) is 11.1 Å². The minimum atomic E-state index is -0.232. The van der Waals surface area contributed by atoms with Crippen molar-refractivity contribution in [2.75, 3.05) is 5.32 Å². The van der Waals surface area contributed by atoms with Crippen LogP contribution in [0.3, 0.4) is 0 Å². The second-order valence-electron chi connectivity index (χ2n) is 6.19. The van der Waals surface area contributed by atoms with Crippen LogP contribution < -0.4 is 10.6 Å². The molecule has 4 nitrogen and oxygen atoms in total. The van der Waals surface area contributed by atoms with Crippen LogP contribution in [0.1, 0.15) is 25.6 Å². The minimum absolute atomic E-state index is 0.0261. The molecule has 0 fully saturated rings. The number of hydrogen-bond donors (Lipinski definition) is 2. The van der Waals surface area contributed by atoms with E-state index in [0.29, 0.717) is 0 Å². The van der Waals surface area contributed by atoms with E-state index >= 15 is 0 Å². The van der Waals surface area contributed by atoms with Crippen LogP contribution >= 0.6 is 0 Å². The Morgan fingerprint density at radius 2 is 1.68 bits per heavy atom. The molecule has 0 aliphatic heterocycles. The molecule has 0 spiro atoms. The maximum absolute atomic E-state index is 12.6. The molecule has 0 radical (unpaired) electrons. The second kappa shape index (κ2) is 7.81. The van der Waals surface area contributed by atoms with Gasteiger partial charge in [-0.25, -0.2) is 0 Å². The van der Waals surface area contributed by atoms with Crippen LogP contribution in [0.2, 0.25) is 0 Å². The van der Waals surface area contributed by atoms with E-state index in [4.69, 9.17) is 4.42 Å². The van der Waals surface area contributed by atoms with Crippen LogP contribution in [0.5, 0.6) is 0 Å². The predicted octanol–water partition coefficient (Wildman–Crippen LogP) is 3.60. The lowest BCUT2D eigenvalue weighted by molar-refractivity contribution is -0.711. The van der Waals surface area contributed by atoms with Gasteiger partial charge in [0.2, 0.25) is 0 Å². The van der Waals surface area contributed by atoms with Gasteiger partial charge in [-0.3, -0.25) is 4.79 Å². The Hall–Kier alpha value is -2.85. The van der Waals surface area contributed by atoms with E-state index in [9.17, 15) is 4.79 Å². The normalized spacial score (nSPS) is 13.2. The van der Waals surface area contributed by atoms with Crippen LogP contribution in [-0.4, -0.2) is 11.9 Å².